The summed E-state index contributed by atoms with van der Waals surface area (Å²) in [5.41, 5.74) is 2.14. The second-order valence-electron chi connectivity index (χ2n) is 7.26. The van der Waals surface area contributed by atoms with Crippen molar-refractivity contribution < 1.29 is 4.42 Å². The lowest BCUT2D eigenvalue weighted by molar-refractivity contribution is 0.379. The van der Waals surface area contributed by atoms with Gasteiger partial charge in [-0.15, -0.1) is 0 Å². The first-order valence-electron chi connectivity index (χ1n) is 8.94. The molecule has 0 radical (unpaired) electrons. The standard InChI is InChI=1S/C20H26N6O/c1-20(2,3)17-13-22-18(27-17)14-24-19(21-4)23-12-15-6-8-16(9-7-15)26-11-5-10-25-26/h5-11,13H,12,14H2,1-4H3,(H2,21,23,24). The zero-order valence-corrected chi connectivity index (χ0v) is 16.2. The fraction of sp³-hybridized carbons (Fsp3) is 0.350. The number of benzene rings is 1. The van der Waals surface area contributed by atoms with Gasteiger partial charge < -0.3 is 15.1 Å². The summed E-state index contributed by atoms with van der Waals surface area (Å²) < 4.78 is 7.62. The van der Waals surface area contributed by atoms with E-state index in [0.29, 0.717) is 24.9 Å². The average molecular weight is 366 g/mol. The molecule has 3 rings (SSSR count). The van der Waals surface area contributed by atoms with Crippen molar-refractivity contribution in [3.8, 4) is 5.69 Å². The monoisotopic (exact) mass is 366 g/mol. The van der Waals surface area contributed by atoms with Crippen LogP contribution in [-0.4, -0.2) is 27.8 Å². The van der Waals surface area contributed by atoms with Crippen LogP contribution < -0.4 is 10.6 Å². The molecular formula is C20H26N6O. The van der Waals surface area contributed by atoms with Gasteiger partial charge in [0.25, 0.3) is 0 Å². The molecule has 0 fully saturated rings. The molecule has 0 unspecified atom stereocenters. The minimum absolute atomic E-state index is 0.0481. The highest BCUT2D eigenvalue weighted by Crippen LogP contribution is 2.22. The van der Waals surface area contributed by atoms with Crippen LogP contribution in [0, 0.1) is 0 Å². The zero-order chi connectivity index (χ0) is 19.3. The summed E-state index contributed by atoms with van der Waals surface area (Å²) in [6, 6.07) is 10.1. The van der Waals surface area contributed by atoms with Crippen LogP contribution in [0.15, 0.2) is 58.3 Å². The van der Waals surface area contributed by atoms with Crippen LogP contribution >= 0.6 is 0 Å². The lowest BCUT2D eigenvalue weighted by atomic mass is 9.94. The Kier molecular flexibility index (Phi) is 5.59. The van der Waals surface area contributed by atoms with Gasteiger partial charge in [-0.1, -0.05) is 32.9 Å². The summed E-state index contributed by atoms with van der Waals surface area (Å²) in [7, 11) is 1.74. The van der Waals surface area contributed by atoms with Gasteiger partial charge in [-0.25, -0.2) is 9.67 Å². The van der Waals surface area contributed by atoms with Gasteiger partial charge >= 0.3 is 0 Å². The van der Waals surface area contributed by atoms with Gasteiger partial charge in [0.05, 0.1) is 18.4 Å². The first kappa shape index (κ1) is 18.7. The van der Waals surface area contributed by atoms with E-state index in [1.165, 1.54) is 0 Å². The van der Waals surface area contributed by atoms with Gasteiger partial charge in [0.2, 0.25) is 5.89 Å². The smallest absolute Gasteiger partial charge is 0.213 e. The van der Waals surface area contributed by atoms with E-state index in [0.717, 1.165) is 17.0 Å². The highest BCUT2D eigenvalue weighted by molar-refractivity contribution is 5.79. The highest BCUT2D eigenvalue weighted by atomic mass is 16.4. The van der Waals surface area contributed by atoms with E-state index in [9.17, 15) is 0 Å². The maximum atomic E-state index is 5.79. The third kappa shape index (κ3) is 4.97. The molecule has 0 saturated carbocycles. The Hall–Kier alpha value is -3.09. The first-order chi connectivity index (χ1) is 13.0. The van der Waals surface area contributed by atoms with Crippen LogP contribution in [0.5, 0.6) is 0 Å². The van der Waals surface area contributed by atoms with E-state index >= 15 is 0 Å². The quantitative estimate of drug-likeness (QED) is 0.536. The minimum atomic E-state index is -0.0481. The van der Waals surface area contributed by atoms with Gasteiger partial charge in [-0.2, -0.15) is 5.10 Å². The van der Waals surface area contributed by atoms with Crippen molar-refractivity contribution >= 4 is 5.96 Å². The molecule has 0 saturated heterocycles. The van der Waals surface area contributed by atoms with Gasteiger partial charge in [-0.05, 0) is 23.8 Å². The molecule has 0 atom stereocenters. The maximum Gasteiger partial charge on any atom is 0.213 e. The van der Waals surface area contributed by atoms with Crippen LogP contribution in [0.4, 0.5) is 0 Å². The van der Waals surface area contributed by atoms with E-state index in [2.05, 4.69) is 58.6 Å². The molecule has 3 aromatic rings. The summed E-state index contributed by atoms with van der Waals surface area (Å²) in [6.45, 7) is 7.44. The molecule has 0 spiro atoms. The Bertz CT molecular complexity index is 872. The molecule has 2 aromatic heterocycles. The minimum Gasteiger partial charge on any atom is -0.443 e. The zero-order valence-electron chi connectivity index (χ0n) is 16.2. The summed E-state index contributed by atoms with van der Waals surface area (Å²) in [5, 5.41) is 10.7. The van der Waals surface area contributed by atoms with Crippen molar-refractivity contribution in [2.75, 3.05) is 7.05 Å². The summed E-state index contributed by atoms with van der Waals surface area (Å²) in [5.74, 6) is 2.22. The van der Waals surface area contributed by atoms with Crippen LogP contribution in [0.1, 0.15) is 38.0 Å². The van der Waals surface area contributed by atoms with Gasteiger partial charge in [-0.3, -0.25) is 4.99 Å². The largest absolute Gasteiger partial charge is 0.443 e. The van der Waals surface area contributed by atoms with Gasteiger partial charge in [0, 0.05) is 31.4 Å². The second kappa shape index (κ2) is 8.07. The van der Waals surface area contributed by atoms with Gasteiger partial charge in [0.15, 0.2) is 5.96 Å². The first-order valence-corrected chi connectivity index (χ1v) is 8.94. The fourth-order valence-corrected chi connectivity index (χ4v) is 2.49. The summed E-state index contributed by atoms with van der Waals surface area (Å²) in [6.07, 6.45) is 5.48. The molecule has 0 aliphatic carbocycles. The number of oxazole rings is 1. The van der Waals surface area contributed by atoms with Crippen molar-refractivity contribution in [3.63, 3.8) is 0 Å². The Labute approximate surface area is 159 Å². The number of nitrogens with one attached hydrogen (secondary N) is 2. The van der Waals surface area contributed by atoms with Gasteiger partial charge in [0.1, 0.15) is 5.76 Å². The van der Waals surface area contributed by atoms with Crippen molar-refractivity contribution in [2.24, 2.45) is 4.99 Å². The molecular weight excluding hydrogens is 340 g/mol. The molecule has 1 aromatic carbocycles. The number of aliphatic imine (C=N–C) groups is 1. The van der Waals surface area contributed by atoms with E-state index in [1.54, 1.807) is 19.4 Å². The lowest BCUT2D eigenvalue weighted by Crippen LogP contribution is -2.36. The summed E-state index contributed by atoms with van der Waals surface area (Å²) >= 11 is 0. The molecule has 2 N–H and O–H groups in total. The number of aromatic nitrogens is 3. The topological polar surface area (TPSA) is 80.3 Å². The maximum absolute atomic E-state index is 5.79. The number of guanidine groups is 1. The van der Waals surface area contributed by atoms with Crippen molar-refractivity contribution in [2.45, 2.75) is 39.3 Å². The molecule has 0 bridgehead atoms. The Morgan fingerprint density at radius 2 is 1.89 bits per heavy atom. The molecule has 27 heavy (non-hydrogen) atoms. The normalized spacial score (nSPS) is 12.2. The Morgan fingerprint density at radius 3 is 2.48 bits per heavy atom. The van der Waals surface area contributed by atoms with Crippen molar-refractivity contribution in [3.05, 3.63) is 66.1 Å². The molecule has 142 valence electrons. The highest BCUT2D eigenvalue weighted by Gasteiger charge is 2.19. The van der Waals surface area contributed by atoms with Crippen molar-refractivity contribution in [1.29, 1.82) is 0 Å². The van der Waals surface area contributed by atoms with E-state index in [4.69, 9.17) is 4.42 Å². The van der Waals surface area contributed by atoms with Crippen LogP contribution in [0.3, 0.4) is 0 Å². The number of nitrogens with zero attached hydrogens (tertiary/aromatic N) is 4. The summed E-state index contributed by atoms with van der Waals surface area (Å²) in [4.78, 5) is 8.56. The fourth-order valence-electron chi connectivity index (χ4n) is 2.49. The van der Waals surface area contributed by atoms with Crippen LogP contribution in [0.2, 0.25) is 0 Å². The van der Waals surface area contributed by atoms with E-state index < -0.39 is 0 Å². The predicted molar refractivity (Wildman–Crippen MR) is 106 cm³/mol. The average Bonchev–Trinajstić information content (AvgIpc) is 3.34. The third-order valence-electron chi connectivity index (χ3n) is 4.09. The van der Waals surface area contributed by atoms with Crippen molar-refractivity contribution in [1.82, 2.24) is 25.4 Å². The Balaban J connectivity index is 1.51. The third-order valence-corrected chi connectivity index (χ3v) is 4.09. The molecule has 0 amide bonds. The van der Waals surface area contributed by atoms with Crippen LogP contribution in [-0.2, 0) is 18.5 Å². The lowest BCUT2D eigenvalue weighted by Gasteiger charge is -2.13. The van der Waals surface area contributed by atoms with E-state index in [-0.39, 0.29) is 5.41 Å². The molecule has 0 aliphatic heterocycles. The number of hydrogen-bond acceptors (Lipinski definition) is 4. The molecule has 7 heteroatoms. The SMILES string of the molecule is CN=C(NCc1ccc(-n2cccn2)cc1)NCc1ncc(C(C)(C)C)o1. The van der Waals surface area contributed by atoms with Crippen LogP contribution in [0.25, 0.3) is 5.69 Å². The second-order valence-corrected chi connectivity index (χ2v) is 7.26. The predicted octanol–water partition coefficient (Wildman–Crippen LogP) is 3.02. The molecule has 7 nitrogen and oxygen atoms in total. The van der Waals surface area contributed by atoms with E-state index in [1.807, 2.05) is 29.1 Å². The molecule has 2 heterocycles. The molecule has 0 aliphatic rings. The number of rotatable bonds is 5. The Morgan fingerprint density at radius 1 is 1.15 bits per heavy atom. The number of hydrogen-bond donors (Lipinski definition) is 2.